The summed E-state index contributed by atoms with van der Waals surface area (Å²) >= 11 is 15.9. The average molecular weight is 479 g/mol. The lowest BCUT2D eigenvalue weighted by Crippen LogP contribution is -2.34. The van der Waals surface area contributed by atoms with Crippen LogP contribution in [-0.4, -0.2) is 19.2 Å². The van der Waals surface area contributed by atoms with Gasteiger partial charge in [0.25, 0.3) is 0 Å². The molecule has 158 valence electrons. The maximum atomic E-state index is 6.54. The first kappa shape index (κ1) is 22.0. The van der Waals surface area contributed by atoms with Crippen LogP contribution in [0.4, 0.5) is 0 Å². The van der Waals surface area contributed by atoms with Crippen LogP contribution in [0.1, 0.15) is 29.0 Å². The number of fused-ring (bicyclic) bond motifs is 1. The number of thiophene rings is 1. The Morgan fingerprint density at radius 1 is 1.17 bits per heavy atom. The normalized spacial score (nSPS) is 18.2. The average Bonchev–Trinajstić information content (AvgIpc) is 3.25. The van der Waals surface area contributed by atoms with Crippen molar-refractivity contribution in [2.24, 2.45) is 5.73 Å². The van der Waals surface area contributed by atoms with Crippen molar-refractivity contribution in [1.82, 2.24) is 4.72 Å². The molecule has 0 bridgehead atoms. The van der Waals surface area contributed by atoms with E-state index < -0.39 is 0 Å². The Kier molecular flexibility index (Phi) is 7.63. The molecule has 7 heteroatoms. The molecule has 0 spiro atoms. The molecule has 2 unspecified atom stereocenters. The van der Waals surface area contributed by atoms with E-state index >= 15 is 0 Å². The zero-order valence-corrected chi connectivity index (χ0v) is 19.6. The third-order valence-electron chi connectivity index (χ3n) is 5.38. The van der Waals surface area contributed by atoms with Gasteiger partial charge in [0.05, 0.1) is 4.21 Å². The lowest BCUT2D eigenvalue weighted by atomic mass is 9.76. The number of nitrogens with one attached hydrogen (secondary N) is 1. The molecule has 0 fully saturated rings. The van der Waals surface area contributed by atoms with Gasteiger partial charge in [-0.3, -0.25) is 4.72 Å². The van der Waals surface area contributed by atoms with Gasteiger partial charge < -0.3 is 10.5 Å². The molecular formula is C23H24Cl2N2OS2. The van der Waals surface area contributed by atoms with Crippen LogP contribution in [-0.2, 0) is 12.8 Å². The zero-order valence-electron chi connectivity index (χ0n) is 16.4. The molecule has 1 aliphatic carbocycles. The Morgan fingerprint density at radius 3 is 2.87 bits per heavy atom. The Hall–Kier alpha value is -1.21. The summed E-state index contributed by atoms with van der Waals surface area (Å²) < 4.78 is 10.6. The highest BCUT2D eigenvalue weighted by atomic mass is 35.5. The molecule has 2 atom stereocenters. The van der Waals surface area contributed by atoms with Crippen molar-refractivity contribution in [1.29, 1.82) is 0 Å². The first-order valence-electron chi connectivity index (χ1n) is 9.98. The second-order valence-corrected chi connectivity index (χ2v) is 10.4. The summed E-state index contributed by atoms with van der Waals surface area (Å²) in [5, 5.41) is 3.42. The Labute approximate surface area is 196 Å². The summed E-state index contributed by atoms with van der Waals surface area (Å²) in [7, 11) is 0. The van der Waals surface area contributed by atoms with Crippen molar-refractivity contribution in [3.8, 4) is 5.75 Å². The van der Waals surface area contributed by atoms with Crippen molar-refractivity contribution >= 4 is 46.5 Å². The molecule has 3 nitrogen and oxygen atoms in total. The van der Waals surface area contributed by atoms with Crippen LogP contribution in [0.15, 0.2) is 58.1 Å². The lowest BCUT2D eigenvalue weighted by molar-refractivity contribution is 0.323. The number of benzene rings is 2. The minimum absolute atomic E-state index is 0.100. The Morgan fingerprint density at radius 2 is 2.07 bits per heavy atom. The molecule has 0 aliphatic heterocycles. The molecule has 1 aliphatic rings. The van der Waals surface area contributed by atoms with Gasteiger partial charge in [-0.2, -0.15) is 0 Å². The number of aryl methyl sites for hydroxylation is 1. The van der Waals surface area contributed by atoms with E-state index in [1.807, 2.05) is 12.1 Å². The van der Waals surface area contributed by atoms with E-state index in [0.29, 0.717) is 16.7 Å². The number of hydrogen-bond acceptors (Lipinski definition) is 5. The molecule has 1 heterocycles. The summed E-state index contributed by atoms with van der Waals surface area (Å²) in [4.78, 5) is 0. The van der Waals surface area contributed by atoms with Gasteiger partial charge in [-0.25, -0.2) is 0 Å². The topological polar surface area (TPSA) is 47.3 Å². The second kappa shape index (κ2) is 10.4. The summed E-state index contributed by atoms with van der Waals surface area (Å²) in [6, 6.07) is 16.4. The quantitative estimate of drug-likeness (QED) is 0.293. The summed E-state index contributed by atoms with van der Waals surface area (Å²) in [5.41, 5.74) is 10.2. The van der Waals surface area contributed by atoms with Gasteiger partial charge in [0.2, 0.25) is 0 Å². The van der Waals surface area contributed by atoms with Crippen molar-refractivity contribution < 1.29 is 4.74 Å². The molecule has 0 saturated heterocycles. The van der Waals surface area contributed by atoms with Gasteiger partial charge in [0.1, 0.15) is 12.4 Å². The van der Waals surface area contributed by atoms with Crippen LogP contribution in [0.2, 0.25) is 10.0 Å². The van der Waals surface area contributed by atoms with Crippen LogP contribution in [0.25, 0.3) is 0 Å². The monoisotopic (exact) mass is 478 g/mol. The van der Waals surface area contributed by atoms with Crippen LogP contribution in [0, 0.1) is 0 Å². The standard InChI is InChI=1S/C23H24Cl2N2OS2/c24-17-6-3-16(21(25)13-17)12-20-19-14-18(7-4-15(19)5-8-22(20)26)28-10-9-27-30-23-2-1-11-29-23/h1-4,6-7,11,13-14,20,22,27H,5,8-10,12,26H2. The maximum absolute atomic E-state index is 6.54. The molecule has 4 rings (SSSR count). The number of hydrogen-bond donors (Lipinski definition) is 2. The molecular weight excluding hydrogens is 455 g/mol. The fraction of sp³-hybridized carbons (Fsp3) is 0.304. The Bertz CT molecular complexity index is 981. The molecule has 0 radical (unpaired) electrons. The molecule has 3 N–H and O–H groups in total. The molecule has 0 saturated carbocycles. The summed E-state index contributed by atoms with van der Waals surface area (Å²) in [6.07, 6.45) is 2.78. The third-order valence-corrected chi connectivity index (χ3v) is 7.85. The zero-order chi connectivity index (χ0) is 20.9. The number of halogens is 2. The smallest absolute Gasteiger partial charge is 0.119 e. The van der Waals surface area contributed by atoms with Gasteiger partial charge >= 0.3 is 0 Å². The van der Waals surface area contributed by atoms with E-state index in [1.165, 1.54) is 15.3 Å². The lowest BCUT2D eigenvalue weighted by Gasteiger charge is -2.32. The summed E-state index contributed by atoms with van der Waals surface area (Å²) in [5.74, 6) is 1.10. The number of rotatable bonds is 8. The highest BCUT2D eigenvalue weighted by molar-refractivity contribution is 7.99. The molecule has 3 aromatic rings. The van der Waals surface area contributed by atoms with E-state index in [1.54, 1.807) is 29.4 Å². The maximum Gasteiger partial charge on any atom is 0.119 e. The van der Waals surface area contributed by atoms with Crippen molar-refractivity contribution in [2.75, 3.05) is 13.2 Å². The van der Waals surface area contributed by atoms with E-state index in [0.717, 1.165) is 37.1 Å². The van der Waals surface area contributed by atoms with E-state index in [4.69, 9.17) is 33.7 Å². The highest BCUT2D eigenvalue weighted by Gasteiger charge is 2.28. The van der Waals surface area contributed by atoms with Gasteiger partial charge in [-0.1, -0.05) is 41.4 Å². The van der Waals surface area contributed by atoms with Crippen LogP contribution in [0.3, 0.4) is 0 Å². The molecule has 1 aromatic heterocycles. The molecule has 0 amide bonds. The van der Waals surface area contributed by atoms with Crippen molar-refractivity contribution in [3.05, 3.63) is 80.6 Å². The minimum atomic E-state index is 0.100. The van der Waals surface area contributed by atoms with Gasteiger partial charge in [-0.15, -0.1) is 11.3 Å². The number of ether oxygens (including phenoxy) is 1. The fourth-order valence-electron chi connectivity index (χ4n) is 3.83. The largest absolute Gasteiger partial charge is 0.492 e. The predicted molar refractivity (Wildman–Crippen MR) is 129 cm³/mol. The SMILES string of the molecule is NC1CCc2ccc(OCCNSc3cccs3)cc2C1Cc1ccc(Cl)cc1Cl. The minimum Gasteiger partial charge on any atom is -0.492 e. The van der Waals surface area contributed by atoms with Crippen molar-refractivity contribution in [3.63, 3.8) is 0 Å². The van der Waals surface area contributed by atoms with Crippen LogP contribution >= 0.6 is 46.5 Å². The fourth-order valence-corrected chi connectivity index (χ4v) is 5.77. The van der Waals surface area contributed by atoms with Gasteiger partial charge in [-0.05, 0) is 83.6 Å². The molecule has 30 heavy (non-hydrogen) atoms. The Balaban J connectivity index is 1.41. The van der Waals surface area contributed by atoms with E-state index in [2.05, 4.69) is 40.4 Å². The first-order chi connectivity index (χ1) is 14.6. The van der Waals surface area contributed by atoms with Crippen LogP contribution < -0.4 is 15.2 Å². The van der Waals surface area contributed by atoms with E-state index in [-0.39, 0.29) is 12.0 Å². The van der Waals surface area contributed by atoms with Crippen LogP contribution in [0.5, 0.6) is 5.75 Å². The van der Waals surface area contributed by atoms with Gasteiger partial charge in [0, 0.05) is 28.5 Å². The third kappa shape index (κ3) is 5.52. The first-order valence-corrected chi connectivity index (χ1v) is 12.4. The predicted octanol–water partition coefficient (Wildman–Crippen LogP) is 6.33. The molecule has 2 aromatic carbocycles. The summed E-state index contributed by atoms with van der Waals surface area (Å²) in [6.45, 7) is 1.37. The second-order valence-electron chi connectivity index (χ2n) is 7.39. The number of nitrogens with two attached hydrogens (primary N) is 1. The highest BCUT2D eigenvalue weighted by Crippen LogP contribution is 2.37. The van der Waals surface area contributed by atoms with Crippen molar-refractivity contribution in [2.45, 2.75) is 35.4 Å². The van der Waals surface area contributed by atoms with E-state index in [9.17, 15) is 0 Å². The van der Waals surface area contributed by atoms with Gasteiger partial charge in [0.15, 0.2) is 0 Å².